The van der Waals surface area contributed by atoms with Crippen molar-refractivity contribution in [2.45, 2.75) is 6.92 Å². The van der Waals surface area contributed by atoms with E-state index in [1.807, 2.05) is 60.7 Å². The van der Waals surface area contributed by atoms with Gasteiger partial charge in [-0.15, -0.1) is 0 Å². The predicted octanol–water partition coefficient (Wildman–Crippen LogP) is 5.00. The Kier molecular flexibility index (Phi) is 3.69. The van der Waals surface area contributed by atoms with Crippen LogP contribution in [0.5, 0.6) is 0 Å². The van der Waals surface area contributed by atoms with Gasteiger partial charge in [0.15, 0.2) is 5.82 Å². The molecule has 0 saturated heterocycles. The molecule has 1 amide bonds. The molecule has 0 aliphatic heterocycles. The number of hydrogen-bond donors (Lipinski definition) is 2. The largest absolute Gasteiger partial charge is 0.437 e. The van der Waals surface area contributed by atoms with Crippen LogP contribution in [0.3, 0.4) is 0 Å². The van der Waals surface area contributed by atoms with Crippen LogP contribution in [0, 0.1) is 0 Å². The number of anilines is 1. The first-order valence-electron chi connectivity index (χ1n) is 8.90. The van der Waals surface area contributed by atoms with Crippen molar-refractivity contribution in [1.29, 1.82) is 0 Å². The second-order valence-corrected chi connectivity index (χ2v) is 6.52. The zero-order chi connectivity index (χ0) is 19.1. The first-order valence-corrected chi connectivity index (χ1v) is 8.90. The number of H-pyrrole nitrogens is 1. The fraction of sp³-hybridized carbons (Fsp3) is 0.0455. The number of aromatic nitrogens is 3. The van der Waals surface area contributed by atoms with Crippen LogP contribution in [0.1, 0.15) is 6.92 Å². The average Bonchev–Trinajstić information content (AvgIpc) is 3.30. The maximum Gasteiger partial charge on any atom is 0.229 e. The number of aromatic amines is 1. The molecule has 2 aromatic carbocycles. The van der Waals surface area contributed by atoms with E-state index in [1.54, 1.807) is 6.20 Å². The van der Waals surface area contributed by atoms with Crippen LogP contribution in [-0.2, 0) is 4.79 Å². The smallest absolute Gasteiger partial charge is 0.229 e. The number of carbonyl (C=O) groups excluding carboxylic acids is 1. The summed E-state index contributed by atoms with van der Waals surface area (Å²) in [6.07, 6.45) is 1.67. The Morgan fingerprint density at radius 2 is 1.68 bits per heavy atom. The van der Waals surface area contributed by atoms with E-state index in [9.17, 15) is 4.79 Å². The number of nitrogens with one attached hydrogen (secondary N) is 2. The van der Waals surface area contributed by atoms with Crippen molar-refractivity contribution in [3.8, 4) is 22.5 Å². The Morgan fingerprint density at radius 3 is 2.36 bits per heavy atom. The summed E-state index contributed by atoms with van der Waals surface area (Å²) in [5.74, 6) is 1.02. The molecule has 0 aliphatic carbocycles. The van der Waals surface area contributed by atoms with Crippen LogP contribution >= 0.6 is 0 Å². The number of benzene rings is 2. The number of furan rings is 1. The van der Waals surface area contributed by atoms with Crippen molar-refractivity contribution in [2.75, 3.05) is 5.32 Å². The van der Waals surface area contributed by atoms with E-state index >= 15 is 0 Å². The zero-order valence-electron chi connectivity index (χ0n) is 15.1. The molecule has 0 saturated carbocycles. The first kappa shape index (κ1) is 16.3. The van der Waals surface area contributed by atoms with Crippen LogP contribution in [0.15, 0.2) is 71.3 Å². The number of pyridine rings is 1. The summed E-state index contributed by atoms with van der Waals surface area (Å²) in [6.45, 7) is 1.45. The molecule has 6 nitrogen and oxygen atoms in total. The summed E-state index contributed by atoms with van der Waals surface area (Å²) in [5.41, 5.74) is 4.22. The van der Waals surface area contributed by atoms with Gasteiger partial charge in [0.25, 0.3) is 0 Å². The summed E-state index contributed by atoms with van der Waals surface area (Å²) in [7, 11) is 0. The van der Waals surface area contributed by atoms with E-state index in [2.05, 4.69) is 20.5 Å². The third kappa shape index (κ3) is 2.54. The highest BCUT2D eigenvalue weighted by atomic mass is 16.3. The summed E-state index contributed by atoms with van der Waals surface area (Å²) >= 11 is 0. The van der Waals surface area contributed by atoms with Crippen LogP contribution < -0.4 is 5.32 Å². The van der Waals surface area contributed by atoms with E-state index in [-0.39, 0.29) is 5.91 Å². The average molecular weight is 368 g/mol. The molecule has 3 heterocycles. The standard InChI is InChI=1S/C22H16N4O2/c1-13(27)24-21-16-12-23-22-18(19(16)25-26-21)17(14-8-4-2-5-9-14)20(28-22)15-10-6-3-7-11-15/h2-12H,1H3,(H2,24,25,26,27). The molecule has 136 valence electrons. The number of fused-ring (bicyclic) bond motifs is 3. The quantitative estimate of drug-likeness (QED) is 0.469. The van der Waals surface area contributed by atoms with E-state index in [4.69, 9.17) is 4.42 Å². The third-order valence-electron chi connectivity index (χ3n) is 4.65. The van der Waals surface area contributed by atoms with Gasteiger partial charge in [0, 0.05) is 24.2 Å². The van der Waals surface area contributed by atoms with E-state index in [0.717, 1.165) is 38.7 Å². The second-order valence-electron chi connectivity index (χ2n) is 6.52. The van der Waals surface area contributed by atoms with Crippen molar-refractivity contribution >= 4 is 33.7 Å². The molecule has 0 radical (unpaired) electrons. The lowest BCUT2D eigenvalue weighted by molar-refractivity contribution is -0.114. The van der Waals surface area contributed by atoms with Gasteiger partial charge in [0.1, 0.15) is 5.76 Å². The fourth-order valence-electron chi connectivity index (χ4n) is 3.47. The Labute approximate surface area is 160 Å². The molecule has 0 atom stereocenters. The SMILES string of the molecule is CC(=O)Nc1n[nH]c2c1cnc1oc(-c3ccccc3)c(-c3ccccc3)c12. The van der Waals surface area contributed by atoms with E-state index in [1.165, 1.54) is 6.92 Å². The lowest BCUT2D eigenvalue weighted by Crippen LogP contribution is -2.06. The van der Waals surface area contributed by atoms with Gasteiger partial charge < -0.3 is 9.73 Å². The fourth-order valence-corrected chi connectivity index (χ4v) is 3.47. The summed E-state index contributed by atoms with van der Waals surface area (Å²) in [4.78, 5) is 16.0. The van der Waals surface area contributed by atoms with Crippen LogP contribution in [0.25, 0.3) is 44.5 Å². The highest BCUT2D eigenvalue weighted by molar-refractivity contribution is 6.16. The Hall–Kier alpha value is -3.93. The molecule has 3 aromatic heterocycles. The maximum absolute atomic E-state index is 11.5. The molecule has 0 fully saturated rings. The normalized spacial score (nSPS) is 11.2. The van der Waals surface area contributed by atoms with Crippen molar-refractivity contribution in [3.63, 3.8) is 0 Å². The van der Waals surface area contributed by atoms with Crippen LogP contribution in [0.4, 0.5) is 5.82 Å². The van der Waals surface area contributed by atoms with Crippen molar-refractivity contribution in [1.82, 2.24) is 15.2 Å². The van der Waals surface area contributed by atoms with Gasteiger partial charge in [0.05, 0.1) is 16.3 Å². The molecule has 0 spiro atoms. The molecular weight excluding hydrogens is 352 g/mol. The third-order valence-corrected chi connectivity index (χ3v) is 4.65. The molecular formula is C22H16N4O2. The van der Waals surface area contributed by atoms with Crippen molar-refractivity contribution in [3.05, 3.63) is 66.9 Å². The molecule has 5 aromatic rings. The number of carbonyl (C=O) groups is 1. The molecule has 2 N–H and O–H groups in total. The van der Waals surface area contributed by atoms with Crippen molar-refractivity contribution < 1.29 is 9.21 Å². The molecule has 0 bridgehead atoms. The summed E-state index contributed by atoms with van der Waals surface area (Å²) in [6, 6.07) is 20.0. The van der Waals surface area contributed by atoms with Crippen LogP contribution in [-0.4, -0.2) is 21.1 Å². The Balaban J connectivity index is 1.88. The first-order chi connectivity index (χ1) is 13.7. The highest BCUT2D eigenvalue weighted by Crippen LogP contribution is 2.43. The topological polar surface area (TPSA) is 83.8 Å². The van der Waals surface area contributed by atoms with E-state index in [0.29, 0.717) is 11.5 Å². The maximum atomic E-state index is 11.5. The summed E-state index contributed by atoms with van der Waals surface area (Å²) in [5, 5.41) is 11.6. The molecule has 6 heteroatoms. The summed E-state index contributed by atoms with van der Waals surface area (Å²) < 4.78 is 6.19. The van der Waals surface area contributed by atoms with Gasteiger partial charge in [-0.2, -0.15) is 5.10 Å². The van der Waals surface area contributed by atoms with Gasteiger partial charge >= 0.3 is 0 Å². The van der Waals surface area contributed by atoms with Crippen molar-refractivity contribution in [2.24, 2.45) is 0 Å². The Bertz CT molecular complexity index is 1300. The van der Waals surface area contributed by atoms with Gasteiger partial charge in [0.2, 0.25) is 11.6 Å². The van der Waals surface area contributed by atoms with Gasteiger partial charge in [-0.1, -0.05) is 60.7 Å². The minimum absolute atomic E-state index is 0.186. The predicted molar refractivity (Wildman–Crippen MR) is 109 cm³/mol. The minimum atomic E-state index is -0.186. The second kappa shape index (κ2) is 6.35. The number of hydrogen-bond acceptors (Lipinski definition) is 4. The van der Waals surface area contributed by atoms with Gasteiger partial charge in [-0.05, 0) is 5.56 Å². The molecule has 0 unspecified atom stereocenters. The number of amides is 1. The van der Waals surface area contributed by atoms with Gasteiger partial charge in [-0.25, -0.2) is 4.98 Å². The minimum Gasteiger partial charge on any atom is -0.437 e. The monoisotopic (exact) mass is 368 g/mol. The molecule has 5 rings (SSSR count). The Morgan fingerprint density at radius 1 is 1.00 bits per heavy atom. The lowest BCUT2D eigenvalue weighted by atomic mass is 9.98. The van der Waals surface area contributed by atoms with E-state index < -0.39 is 0 Å². The van der Waals surface area contributed by atoms with Gasteiger partial charge in [-0.3, -0.25) is 9.89 Å². The van der Waals surface area contributed by atoms with Crippen LogP contribution in [0.2, 0.25) is 0 Å². The highest BCUT2D eigenvalue weighted by Gasteiger charge is 2.22. The zero-order valence-corrected chi connectivity index (χ0v) is 15.1. The number of rotatable bonds is 3. The molecule has 28 heavy (non-hydrogen) atoms. The number of nitrogens with zero attached hydrogens (tertiary/aromatic N) is 2. The lowest BCUT2D eigenvalue weighted by Gasteiger charge is -2.04. The molecule has 0 aliphatic rings.